The van der Waals surface area contributed by atoms with E-state index in [1.54, 1.807) is 26.0 Å². The van der Waals surface area contributed by atoms with Gasteiger partial charge in [0, 0.05) is 0 Å². The van der Waals surface area contributed by atoms with Crippen LogP contribution in [0.15, 0.2) is 23.3 Å². The summed E-state index contributed by atoms with van der Waals surface area (Å²) >= 11 is 0. The number of hydrogen-bond donors (Lipinski definition) is 6. The van der Waals surface area contributed by atoms with E-state index in [-0.39, 0.29) is 5.41 Å². The van der Waals surface area contributed by atoms with Crippen molar-refractivity contribution in [3.8, 4) is 0 Å². The molecule has 2 rings (SSSR count). The highest BCUT2D eigenvalue weighted by Gasteiger charge is 2.47. The Kier molecular flexibility index (Phi) is 7.21. The second-order valence-electron chi connectivity index (χ2n) is 8.10. The van der Waals surface area contributed by atoms with Crippen LogP contribution in [0.1, 0.15) is 34.1 Å². The first kappa shape index (κ1) is 22.4. The first-order valence-corrected chi connectivity index (χ1v) is 9.21. The average Bonchev–Trinajstić information content (AvgIpc) is 2.59. The summed E-state index contributed by atoms with van der Waals surface area (Å²) in [5.41, 5.74) is 1.19. The zero-order chi connectivity index (χ0) is 20.5. The minimum atomic E-state index is -1.53. The van der Waals surface area contributed by atoms with Crippen LogP contribution in [0.2, 0.25) is 0 Å². The summed E-state index contributed by atoms with van der Waals surface area (Å²) in [6, 6.07) is 0. The van der Waals surface area contributed by atoms with Crippen LogP contribution in [0, 0.1) is 5.41 Å². The largest absolute Gasteiger partial charge is 0.394 e. The molecule has 0 spiro atoms. The summed E-state index contributed by atoms with van der Waals surface area (Å²) in [6.45, 7) is 6.83. The van der Waals surface area contributed by atoms with E-state index < -0.39 is 55.6 Å². The normalized spacial score (nSPS) is 41.2. The Labute approximate surface area is 159 Å². The number of ether oxygens (including phenoxy) is 2. The minimum Gasteiger partial charge on any atom is -0.394 e. The van der Waals surface area contributed by atoms with Crippen molar-refractivity contribution in [3.05, 3.63) is 23.3 Å². The van der Waals surface area contributed by atoms with Gasteiger partial charge in [0.25, 0.3) is 0 Å². The van der Waals surface area contributed by atoms with Crippen molar-refractivity contribution in [2.45, 2.75) is 83.1 Å². The Hall–Kier alpha value is -0.840. The number of rotatable bonds is 5. The Morgan fingerprint density at radius 1 is 1.19 bits per heavy atom. The Morgan fingerprint density at radius 2 is 1.81 bits per heavy atom. The highest BCUT2D eigenvalue weighted by molar-refractivity contribution is 5.36. The molecule has 0 radical (unpaired) electrons. The molecule has 1 aliphatic carbocycles. The van der Waals surface area contributed by atoms with Crippen LogP contribution in [0.5, 0.6) is 0 Å². The molecule has 8 heteroatoms. The molecule has 0 aromatic heterocycles. The fraction of sp³-hybridized carbons (Fsp3) is 0.789. The van der Waals surface area contributed by atoms with Gasteiger partial charge in [0.15, 0.2) is 6.29 Å². The van der Waals surface area contributed by atoms with Crippen LogP contribution in [-0.2, 0) is 9.47 Å². The van der Waals surface area contributed by atoms with Gasteiger partial charge in [0.2, 0.25) is 0 Å². The van der Waals surface area contributed by atoms with Gasteiger partial charge in [-0.1, -0.05) is 26.0 Å². The second-order valence-corrected chi connectivity index (χ2v) is 8.10. The van der Waals surface area contributed by atoms with Gasteiger partial charge in [-0.3, -0.25) is 0 Å². The Bertz CT molecular complexity index is 568. The van der Waals surface area contributed by atoms with Crippen LogP contribution in [0.4, 0.5) is 0 Å². The molecule has 0 aromatic carbocycles. The number of allylic oxidation sites excluding steroid dienone is 2. The molecule has 0 saturated carbocycles. The first-order chi connectivity index (χ1) is 12.5. The lowest BCUT2D eigenvalue weighted by atomic mass is 9.70. The molecule has 0 unspecified atom stereocenters. The molecular weight excluding hydrogens is 356 g/mol. The van der Waals surface area contributed by atoms with Gasteiger partial charge >= 0.3 is 0 Å². The third-order valence-electron chi connectivity index (χ3n) is 5.36. The molecule has 6 N–H and O–H groups in total. The first-order valence-electron chi connectivity index (χ1n) is 9.21. The third-order valence-corrected chi connectivity index (χ3v) is 5.36. The zero-order valence-electron chi connectivity index (χ0n) is 16.2. The summed E-state index contributed by atoms with van der Waals surface area (Å²) in [5, 5.41) is 59.4. The van der Waals surface area contributed by atoms with E-state index in [1.807, 2.05) is 13.8 Å². The van der Waals surface area contributed by atoms with Crippen molar-refractivity contribution in [1.82, 2.24) is 0 Å². The van der Waals surface area contributed by atoms with Gasteiger partial charge in [-0.05, 0) is 36.8 Å². The van der Waals surface area contributed by atoms with Crippen LogP contribution < -0.4 is 0 Å². The monoisotopic (exact) mass is 388 g/mol. The van der Waals surface area contributed by atoms with Gasteiger partial charge in [-0.2, -0.15) is 0 Å². The van der Waals surface area contributed by atoms with Crippen LogP contribution in [0.25, 0.3) is 0 Å². The van der Waals surface area contributed by atoms with E-state index in [9.17, 15) is 30.6 Å². The quantitative estimate of drug-likeness (QED) is 0.360. The summed E-state index contributed by atoms with van der Waals surface area (Å²) < 4.78 is 11.2. The highest BCUT2D eigenvalue weighted by atomic mass is 16.7. The predicted molar refractivity (Wildman–Crippen MR) is 96.6 cm³/mol. The van der Waals surface area contributed by atoms with Crippen molar-refractivity contribution in [2.75, 3.05) is 6.61 Å². The fourth-order valence-electron chi connectivity index (χ4n) is 3.76. The van der Waals surface area contributed by atoms with Gasteiger partial charge in [0.1, 0.15) is 30.5 Å². The number of hydrogen-bond acceptors (Lipinski definition) is 8. The Morgan fingerprint density at radius 3 is 2.37 bits per heavy atom. The zero-order valence-corrected chi connectivity index (χ0v) is 16.2. The molecule has 1 aliphatic heterocycles. The second kappa shape index (κ2) is 8.67. The lowest BCUT2D eigenvalue weighted by molar-refractivity contribution is -0.318. The van der Waals surface area contributed by atoms with E-state index in [0.29, 0.717) is 12.0 Å². The SMILES string of the molecule is CC1=C(/C=C/[C@@H](C)O)C(C)(C)C[C@H](O[C@@H]2O[C@H](CO)[C@@H](O)[C@H](O)[C@H]2O)[C@H]1O. The molecule has 1 saturated heterocycles. The molecule has 0 aromatic rings. The summed E-state index contributed by atoms with van der Waals surface area (Å²) in [4.78, 5) is 0. The summed E-state index contributed by atoms with van der Waals surface area (Å²) in [6.07, 6.45) is -5.32. The maximum atomic E-state index is 10.7. The minimum absolute atomic E-state index is 0.381. The molecule has 8 nitrogen and oxygen atoms in total. The topological polar surface area (TPSA) is 140 Å². The maximum absolute atomic E-state index is 10.7. The molecule has 1 fully saturated rings. The lowest BCUT2D eigenvalue weighted by Crippen LogP contribution is -2.60. The maximum Gasteiger partial charge on any atom is 0.187 e. The standard InChI is InChI=1S/C19H32O8/c1-9(21)5-6-11-10(2)14(22)12(7-19(11,3)4)26-18-17(25)16(24)15(23)13(8-20)27-18/h5-6,9,12-18,20-25H,7-8H2,1-4H3/b6-5+/t9-,12+,13-,14+,15-,16+,17-,18-/m1/s1. The van der Waals surface area contributed by atoms with Gasteiger partial charge < -0.3 is 40.1 Å². The van der Waals surface area contributed by atoms with Crippen molar-refractivity contribution in [2.24, 2.45) is 5.41 Å². The molecule has 156 valence electrons. The molecule has 27 heavy (non-hydrogen) atoms. The number of aliphatic hydroxyl groups is 6. The van der Waals surface area contributed by atoms with Gasteiger partial charge in [-0.15, -0.1) is 0 Å². The molecule has 1 heterocycles. The van der Waals surface area contributed by atoms with E-state index in [1.165, 1.54) is 0 Å². The van der Waals surface area contributed by atoms with Gasteiger partial charge in [0.05, 0.1) is 18.8 Å². The molecular formula is C19H32O8. The molecule has 0 bridgehead atoms. The average molecular weight is 388 g/mol. The van der Waals surface area contributed by atoms with Crippen LogP contribution >= 0.6 is 0 Å². The summed E-state index contributed by atoms with van der Waals surface area (Å²) in [7, 11) is 0. The van der Waals surface area contributed by atoms with E-state index in [0.717, 1.165) is 5.57 Å². The van der Waals surface area contributed by atoms with Crippen molar-refractivity contribution in [1.29, 1.82) is 0 Å². The molecule has 2 aliphatic rings. The highest BCUT2D eigenvalue weighted by Crippen LogP contribution is 2.43. The smallest absolute Gasteiger partial charge is 0.187 e. The van der Waals surface area contributed by atoms with E-state index in [2.05, 4.69) is 0 Å². The Balaban J connectivity index is 2.21. The predicted octanol–water partition coefficient (Wildman–Crippen LogP) is -0.784. The van der Waals surface area contributed by atoms with Crippen LogP contribution in [0.3, 0.4) is 0 Å². The van der Waals surface area contributed by atoms with Crippen molar-refractivity contribution in [3.63, 3.8) is 0 Å². The van der Waals surface area contributed by atoms with Crippen LogP contribution in [-0.4, -0.2) is 86.3 Å². The fourth-order valence-corrected chi connectivity index (χ4v) is 3.76. The van der Waals surface area contributed by atoms with Gasteiger partial charge in [-0.25, -0.2) is 0 Å². The summed E-state index contributed by atoms with van der Waals surface area (Å²) in [5.74, 6) is 0. The van der Waals surface area contributed by atoms with Crippen molar-refractivity contribution >= 4 is 0 Å². The lowest BCUT2D eigenvalue weighted by Gasteiger charge is -2.45. The third kappa shape index (κ3) is 4.78. The number of aliphatic hydroxyl groups excluding tert-OH is 6. The van der Waals surface area contributed by atoms with Crippen molar-refractivity contribution < 1.29 is 40.1 Å². The molecule has 0 amide bonds. The van der Waals surface area contributed by atoms with E-state index in [4.69, 9.17) is 9.47 Å². The molecule has 8 atom stereocenters. The van der Waals surface area contributed by atoms with E-state index >= 15 is 0 Å².